The number of hydrogen-bond acceptors (Lipinski definition) is 2. The van der Waals surface area contributed by atoms with Gasteiger partial charge in [-0.25, -0.2) is 4.79 Å². The Kier molecular flexibility index (Phi) is 4.29. The third kappa shape index (κ3) is 6.86. The molecule has 4 heteroatoms. The molecule has 2 atom stereocenters. The smallest absolute Gasteiger partial charge is 0.405 e. The molecular weight excluding hydrogens is 146 g/mol. The lowest BCUT2D eigenvalue weighted by atomic mass is 10.2. The minimum absolute atomic E-state index is 0.262. The van der Waals surface area contributed by atoms with Crippen molar-refractivity contribution in [3.05, 3.63) is 12.2 Å². The van der Waals surface area contributed by atoms with Crippen molar-refractivity contribution < 1.29 is 15.0 Å². The second-order valence-corrected chi connectivity index (χ2v) is 2.36. The fourth-order valence-electron chi connectivity index (χ4n) is 0.570. The van der Waals surface area contributed by atoms with E-state index in [1.54, 1.807) is 19.9 Å². The zero-order valence-electron chi connectivity index (χ0n) is 6.61. The second kappa shape index (κ2) is 4.73. The van der Waals surface area contributed by atoms with Crippen LogP contribution in [0.1, 0.15) is 13.8 Å². The maximum absolute atomic E-state index is 10.0. The van der Waals surface area contributed by atoms with Gasteiger partial charge in [-0.1, -0.05) is 12.2 Å². The van der Waals surface area contributed by atoms with E-state index in [4.69, 9.17) is 10.2 Å². The average Bonchev–Trinajstić information content (AvgIpc) is 1.82. The van der Waals surface area contributed by atoms with E-state index in [9.17, 15) is 4.79 Å². The van der Waals surface area contributed by atoms with Gasteiger partial charge in [-0.15, -0.1) is 0 Å². The molecular formula is C7H13NO3. The molecule has 0 saturated heterocycles. The summed E-state index contributed by atoms with van der Waals surface area (Å²) in [6, 6.07) is -0.262. The summed E-state index contributed by atoms with van der Waals surface area (Å²) >= 11 is 0. The van der Waals surface area contributed by atoms with Crippen LogP contribution in [0, 0.1) is 0 Å². The number of aliphatic hydroxyl groups is 1. The van der Waals surface area contributed by atoms with Crippen LogP contribution in [0.4, 0.5) is 4.79 Å². The molecule has 0 rings (SSSR count). The summed E-state index contributed by atoms with van der Waals surface area (Å²) in [5.41, 5.74) is 0. The molecule has 0 bridgehead atoms. The molecule has 0 radical (unpaired) electrons. The maximum Gasteiger partial charge on any atom is 0.405 e. The Morgan fingerprint density at radius 1 is 1.45 bits per heavy atom. The summed E-state index contributed by atoms with van der Waals surface area (Å²) in [7, 11) is 0. The first-order chi connectivity index (χ1) is 5.02. The van der Waals surface area contributed by atoms with Crippen molar-refractivity contribution in [2.45, 2.75) is 26.0 Å². The molecule has 0 spiro atoms. The minimum Gasteiger partial charge on any atom is -0.465 e. The van der Waals surface area contributed by atoms with Crippen LogP contribution in [0.5, 0.6) is 0 Å². The van der Waals surface area contributed by atoms with E-state index in [2.05, 4.69) is 5.32 Å². The van der Waals surface area contributed by atoms with Gasteiger partial charge in [-0.05, 0) is 13.8 Å². The molecule has 2 unspecified atom stereocenters. The van der Waals surface area contributed by atoms with Gasteiger partial charge in [0.2, 0.25) is 0 Å². The van der Waals surface area contributed by atoms with Gasteiger partial charge in [-0.3, -0.25) is 0 Å². The van der Waals surface area contributed by atoms with E-state index in [0.717, 1.165) is 0 Å². The fraction of sp³-hybridized carbons (Fsp3) is 0.571. The average molecular weight is 159 g/mol. The Morgan fingerprint density at radius 2 is 2.00 bits per heavy atom. The summed E-state index contributed by atoms with van der Waals surface area (Å²) in [6.07, 6.45) is 1.53. The molecule has 1 amide bonds. The number of carbonyl (C=O) groups is 1. The van der Waals surface area contributed by atoms with Gasteiger partial charge in [-0.2, -0.15) is 0 Å². The third-order valence-corrected chi connectivity index (χ3v) is 1.03. The molecule has 0 heterocycles. The molecule has 0 aromatic carbocycles. The zero-order valence-corrected chi connectivity index (χ0v) is 6.61. The van der Waals surface area contributed by atoms with Crippen molar-refractivity contribution >= 4 is 6.09 Å². The predicted molar refractivity (Wildman–Crippen MR) is 41.4 cm³/mol. The van der Waals surface area contributed by atoms with E-state index < -0.39 is 12.2 Å². The Labute approximate surface area is 65.5 Å². The molecule has 0 saturated carbocycles. The molecule has 0 aromatic rings. The van der Waals surface area contributed by atoms with E-state index in [1.165, 1.54) is 6.08 Å². The Hall–Kier alpha value is -1.03. The highest BCUT2D eigenvalue weighted by Crippen LogP contribution is 1.88. The number of rotatable bonds is 3. The topological polar surface area (TPSA) is 69.6 Å². The van der Waals surface area contributed by atoms with Crippen molar-refractivity contribution in [1.82, 2.24) is 5.32 Å². The highest BCUT2D eigenvalue weighted by molar-refractivity contribution is 5.65. The molecule has 11 heavy (non-hydrogen) atoms. The normalized spacial score (nSPS) is 16.3. The van der Waals surface area contributed by atoms with Gasteiger partial charge in [0.25, 0.3) is 0 Å². The van der Waals surface area contributed by atoms with Gasteiger partial charge < -0.3 is 15.5 Å². The molecule has 0 aromatic heterocycles. The third-order valence-electron chi connectivity index (χ3n) is 1.03. The highest BCUT2D eigenvalue weighted by Gasteiger charge is 1.99. The van der Waals surface area contributed by atoms with Gasteiger partial charge >= 0.3 is 6.09 Å². The van der Waals surface area contributed by atoms with E-state index in [0.29, 0.717) is 0 Å². The fourth-order valence-corrected chi connectivity index (χ4v) is 0.570. The number of hydrogen-bond donors (Lipinski definition) is 3. The summed E-state index contributed by atoms with van der Waals surface area (Å²) in [6.45, 7) is 3.29. The first-order valence-electron chi connectivity index (χ1n) is 3.38. The lowest BCUT2D eigenvalue weighted by Crippen LogP contribution is -2.29. The van der Waals surface area contributed by atoms with Crippen LogP contribution in [-0.4, -0.2) is 28.5 Å². The largest absolute Gasteiger partial charge is 0.465 e. The van der Waals surface area contributed by atoms with Gasteiger partial charge in [0.1, 0.15) is 0 Å². The quantitative estimate of drug-likeness (QED) is 0.527. The summed E-state index contributed by atoms with van der Waals surface area (Å²) in [5, 5.41) is 19.2. The van der Waals surface area contributed by atoms with Crippen LogP contribution in [0.15, 0.2) is 12.2 Å². The summed E-state index contributed by atoms with van der Waals surface area (Å²) < 4.78 is 0. The molecule has 0 fully saturated rings. The van der Waals surface area contributed by atoms with E-state index >= 15 is 0 Å². The highest BCUT2D eigenvalue weighted by atomic mass is 16.4. The number of aliphatic hydroxyl groups excluding tert-OH is 1. The lowest BCUT2D eigenvalue weighted by molar-refractivity contribution is 0.192. The molecule has 64 valence electrons. The van der Waals surface area contributed by atoms with Gasteiger partial charge in [0.05, 0.1) is 6.10 Å². The predicted octanol–water partition coefficient (Wildman–Crippen LogP) is 0.580. The van der Waals surface area contributed by atoms with Crippen LogP contribution < -0.4 is 5.32 Å². The van der Waals surface area contributed by atoms with Crippen molar-refractivity contribution in [2.75, 3.05) is 0 Å². The van der Waals surface area contributed by atoms with Crippen molar-refractivity contribution in [2.24, 2.45) is 0 Å². The summed E-state index contributed by atoms with van der Waals surface area (Å²) in [4.78, 5) is 10.0. The first kappa shape index (κ1) is 9.97. The van der Waals surface area contributed by atoms with Crippen LogP contribution >= 0.6 is 0 Å². The minimum atomic E-state index is -1.06. The molecule has 3 N–H and O–H groups in total. The van der Waals surface area contributed by atoms with Gasteiger partial charge in [0, 0.05) is 6.04 Å². The lowest BCUT2D eigenvalue weighted by Gasteiger charge is -2.05. The van der Waals surface area contributed by atoms with Gasteiger partial charge in [0.15, 0.2) is 0 Å². The SMILES string of the molecule is CC(O)/C=C\C(C)NC(=O)O. The maximum atomic E-state index is 10.0. The molecule has 0 aliphatic rings. The second-order valence-electron chi connectivity index (χ2n) is 2.36. The van der Waals surface area contributed by atoms with Crippen molar-refractivity contribution in [1.29, 1.82) is 0 Å². The molecule has 0 aliphatic heterocycles. The van der Waals surface area contributed by atoms with Crippen LogP contribution in [0.2, 0.25) is 0 Å². The monoisotopic (exact) mass is 159 g/mol. The van der Waals surface area contributed by atoms with Crippen LogP contribution in [-0.2, 0) is 0 Å². The van der Waals surface area contributed by atoms with Crippen LogP contribution in [0.3, 0.4) is 0 Å². The summed E-state index contributed by atoms with van der Waals surface area (Å²) in [5.74, 6) is 0. The van der Waals surface area contributed by atoms with E-state index in [-0.39, 0.29) is 6.04 Å². The standard InChI is InChI=1S/C7H13NO3/c1-5(8-7(10)11)3-4-6(2)9/h3-6,8-9H,1-2H3,(H,10,11)/b4-3-. The Bertz CT molecular complexity index is 154. The first-order valence-corrected chi connectivity index (χ1v) is 3.38. The van der Waals surface area contributed by atoms with Crippen molar-refractivity contribution in [3.63, 3.8) is 0 Å². The molecule has 0 aliphatic carbocycles. The zero-order chi connectivity index (χ0) is 8.85. The van der Waals surface area contributed by atoms with E-state index in [1.807, 2.05) is 0 Å². The number of carboxylic acid groups (broad SMARTS) is 1. The van der Waals surface area contributed by atoms with Crippen LogP contribution in [0.25, 0.3) is 0 Å². The number of nitrogens with one attached hydrogen (secondary N) is 1. The molecule has 4 nitrogen and oxygen atoms in total. The number of amides is 1. The Balaban J connectivity index is 3.68. The van der Waals surface area contributed by atoms with Crippen molar-refractivity contribution in [3.8, 4) is 0 Å². The Morgan fingerprint density at radius 3 is 2.36 bits per heavy atom.